The van der Waals surface area contributed by atoms with Crippen molar-refractivity contribution in [3.8, 4) is 11.3 Å². The molecule has 3 rings (SSSR count). The first-order chi connectivity index (χ1) is 11.7. The first-order valence-electron chi connectivity index (χ1n) is 7.46. The van der Waals surface area contributed by atoms with E-state index in [1.807, 2.05) is 41.8 Å². The summed E-state index contributed by atoms with van der Waals surface area (Å²) in [5.74, 6) is -0.0164. The van der Waals surface area contributed by atoms with Gasteiger partial charge in [-0.15, -0.1) is 11.3 Å². The van der Waals surface area contributed by atoms with Gasteiger partial charge < -0.3 is 9.26 Å². The Bertz CT molecular complexity index is 809. The molecule has 0 spiro atoms. The summed E-state index contributed by atoms with van der Waals surface area (Å²) in [6.07, 6.45) is 0.196. The lowest BCUT2D eigenvalue weighted by molar-refractivity contribution is -0.145. The van der Waals surface area contributed by atoms with Gasteiger partial charge in [0.2, 0.25) is 0 Å². The van der Waals surface area contributed by atoms with Gasteiger partial charge in [0.25, 0.3) is 0 Å². The van der Waals surface area contributed by atoms with Crippen LogP contribution in [-0.2, 0) is 16.1 Å². The quantitative estimate of drug-likeness (QED) is 0.478. The maximum atomic E-state index is 11.8. The number of hydrogen-bond donors (Lipinski definition) is 0. The fourth-order valence-corrected chi connectivity index (χ4v) is 2.82. The predicted molar refractivity (Wildman–Crippen MR) is 89.6 cm³/mol. The first-order valence-corrected chi connectivity index (χ1v) is 8.33. The summed E-state index contributed by atoms with van der Waals surface area (Å²) in [5, 5.41) is 5.79. The molecule has 5 nitrogen and oxygen atoms in total. The summed E-state index contributed by atoms with van der Waals surface area (Å²) in [6, 6.07) is 14.9. The van der Waals surface area contributed by atoms with Crippen LogP contribution < -0.4 is 0 Å². The van der Waals surface area contributed by atoms with Crippen LogP contribution in [0.15, 0.2) is 58.4 Å². The van der Waals surface area contributed by atoms with Gasteiger partial charge >= 0.3 is 5.97 Å². The third kappa shape index (κ3) is 4.17. The van der Waals surface area contributed by atoms with Crippen LogP contribution >= 0.6 is 11.3 Å². The fraction of sp³-hybridized carbons (Fsp3) is 0.167. The number of rotatable bonds is 7. The second-order valence-corrected chi connectivity index (χ2v) is 6.05. The molecule has 0 fully saturated rings. The summed E-state index contributed by atoms with van der Waals surface area (Å²) in [6.45, 7) is 0.00581. The number of hydrogen-bond acceptors (Lipinski definition) is 6. The number of ether oxygens (including phenoxy) is 1. The molecule has 0 saturated heterocycles. The Labute approximate surface area is 142 Å². The molecular weight excluding hydrogens is 326 g/mol. The molecule has 6 heteroatoms. The number of carbonyl (C=O) groups excluding carboxylic acids is 2. The molecule has 24 heavy (non-hydrogen) atoms. The van der Waals surface area contributed by atoms with Crippen molar-refractivity contribution >= 4 is 23.1 Å². The zero-order valence-electron chi connectivity index (χ0n) is 12.8. The van der Waals surface area contributed by atoms with Crippen LogP contribution in [0.25, 0.3) is 11.3 Å². The van der Waals surface area contributed by atoms with Gasteiger partial charge in [-0.25, -0.2) is 0 Å². The number of nitrogens with zero attached hydrogens (tertiary/aromatic N) is 1. The van der Waals surface area contributed by atoms with Gasteiger partial charge in [-0.2, -0.15) is 0 Å². The largest absolute Gasteiger partial charge is 0.457 e. The number of carbonyl (C=O) groups is 2. The van der Waals surface area contributed by atoms with E-state index in [9.17, 15) is 9.59 Å². The highest BCUT2D eigenvalue weighted by atomic mass is 32.1. The molecule has 0 atom stereocenters. The molecule has 122 valence electrons. The van der Waals surface area contributed by atoms with Gasteiger partial charge in [0.05, 0.1) is 11.3 Å². The normalized spacial score (nSPS) is 10.5. The van der Waals surface area contributed by atoms with Crippen molar-refractivity contribution in [2.45, 2.75) is 19.4 Å². The highest BCUT2D eigenvalue weighted by molar-refractivity contribution is 7.12. The molecule has 0 amide bonds. The monoisotopic (exact) mass is 341 g/mol. The van der Waals surface area contributed by atoms with E-state index in [1.54, 1.807) is 12.1 Å². The highest BCUT2D eigenvalue weighted by Crippen LogP contribution is 2.19. The van der Waals surface area contributed by atoms with Gasteiger partial charge in [-0.3, -0.25) is 9.59 Å². The van der Waals surface area contributed by atoms with Gasteiger partial charge in [0, 0.05) is 18.1 Å². The standard InChI is InChI=1S/C18H15NO4S/c20-16(17-7-4-10-24-17)8-9-18(21)22-12-14-11-15(19-23-14)13-5-2-1-3-6-13/h1-7,10-11H,8-9,12H2. The Morgan fingerprint density at radius 3 is 2.67 bits per heavy atom. The van der Waals surface area contributed by atoms with Crippen LogP contribution in [0.2, 0.25) is 0 Å². The van der Waals surface area contributed by atoms with Gasteiger partial charge in [-0.05, 0) is 11.4 Å². The second kappa shape index (κ2) is 7.70. The van der Waals surface area contributed by atoms with Crippen molar-refractivity contribution in [2.75, 3.05) is 0 Å². The van der Waals surface area contributed by atoms with Crippen LogP contribution in [0.1, 0.15) is 28.3 Å². The van der Waals surface area contributed by atoms with Crippen molar-refractivity contribution in [3.05, 3.63) is 64.5 Å². The van der Waals surface area contributed by atoms with Crippen molar-refractivity contribution in [1.82, 2.24) is 5.16 Å². The zero-order valence-corrected chi connectivity index (χ0v) is 13.6. The summed E-state index contributed by atoms with van der Waals surface area (Å²) in [5.41, 5.74) is 1.62. The lowest BCUT2D eigenvalue weighted by Crippen LogP contribution is -2.07. The molecular formula is C18H15NO4S. The number of thiophene rings is 1. The van der Waals surface area contributed by atoms with E-state index in [1.165, 1.54) is 11.3 Å². The molecule has 3 aromatic rings. The molecule has 0 radical (unpaired) electrons. The topological polar surface area (TPSA) is 69.4 Å². The Hall–Kier alpha value is -2.73. The number of ketones is 1. The van der Waals surface area contributed by atoms with Crippen LogP contribution in [-0.4, -0.2) is 16.9 Å². The Morgan fingerprint density at radius 1 is 1.08 bits per heavy atom. The molecule has 0 aliphatic rings. The summed E-state index contributed by atoms with van der Waals surface area (Å²) in [7, 11) is 0. The van der Waals surface area contributed by atoms with E-state index >= 15 is 0 Å². The molecule has 0 aliphatic carbocycles. The van der Waals surface area contributed by atoms with Crippen molar-refractivity contribution < 1.29 is 18.8 Å². The summed E-state index contributed by atoms with van der Waals surface area (Å²) in [4.78, 5) is 24.2. The molecule has 0 saturated carbocycles. The minimum absolute atomic E-state index is 0.00581. The molecule has 0 unspecified atom stereocenters. The number of esters is 1. The molecule has 0 bridgehead atoms. The van der Waals surface area contributed by atoms with E-state index in [2.05, 4.69) is 5.16 Å². The Kier molecular flexibility index (Phi) is 5.18. The highest BCUT2D eigenvalue weighted by Gasteiger charge is 2.12. The summed E-state index contributed by atoms with van der Waals surface area (Å²) < 4.78 is 10.3. The van der Waals surface area contributed by atoms with Crippen molar-refractivity contribution in [3.63, 3.8) is 0 Å². The van der Waals surface area contributed by atoms with Crippen LogP contribution in [0, 0.1) is 0 Å². The second-order valence-electron chi connectivity index (χ2n) is 5.11. The van der Waals surface area contributed by atoms with E-state index in [-0.39, 0.29) is 25.2 Å². The van der Waals surface area contributed by atoms with E-state index in [0.29, 0.717) is 16.3 Å². The average molecular weight is 341 g/mol. The van der Waals surface area contributed by atoms with Gasteiger partial charge in [0.15, 0.2) is 18.2 Å². The zero-order chi connectivity index (χ0) is 16.8. The van der Waals surface area contributed by atoms with Gasteiger partial charge in [0.1, 0.15) is 5.69 Å². The van der Waals surface area contributed by atoms with E-state index < -0.39 is 5.97 Å². The lowest BCUT2D eigenvalue weighted by atomic mass is 10.1. The number of benzene rings is 1. The predicted octanol–water partition coefficient (Wildman–Crippen LogP) is 4.11. The maximum absolute atomic E-state index is 11.8. The Balaban J connectivity index is 1.46. The smallest absolute Gasteiger partial charge is 0.306 e. The van der Waals surface area contributed by atoms with Gasteiger partial charge in [-0.1, -0.05) is 41.6 Å². The Morgan fingerprint density at radius 2 is 1.92 bits per heavy atom. The van der Waals surface area contributed by atoms with E-state index in [0.717, 1.165) is 5.56 Å². The lowest BCUT2D eigenvalue weighted by Gasteiger charge is -2.01. The molecule has 0 aliphatic heterocycles. The SMILES string of the molecule is O=C(CCC(=O)c1cccs1)OCc1cc(-c2ccccc2)no1. The minimum Gasteiger partial charge on any atom is -0.457 e. The molecule has 0 N–H and O–H groups in total. The third-order valence-electron chi connectivity index (χ3n) is 3.36. The van der Waals surface area contributed by atoms with E-state index in [4.69, 9.17) is 9.26 Å². The minimum atomic E-state index is -0.433. The first kappa shape index (κ1) is 16.1. The van der Waals surface area contributed by atoms with Crippen molar-refractivity contribution in [2.24, 2.45) is 0 Å². The molecule has 1 aromatic carbocycles. The summed E-state index contributed by atoms with van der Waals surface area (Å²) >= 11 is 1.37. The van der Waals surface area contributed by atoms with Crippen LogP contribution in [0.4, 0.5) is 0 Å². The molecule has 2 heterocycles. The van der Waals surface area contributed by atoms with Crippen molar-refractivity contribution in [1.29, 1.82) is 0 Å². The number of Topliss-reactive ketones (excluding diaryl/α,β-unsaturated/α-hetero) is 1. The number of aromatic nitrogens is 1. The fourth-order valence-electron chi connectivity index (χ4n) is 2.13. The average Bonchev–Trinajstić information content (AvgIpc) is 3.30. The third-order valence-corrected chi connectivity index (χ3v) is 4.27. The maximum Gasteiger partial charge on any atom is 0.306 e. The van der Waals surface area contributed by atoms with Crippen LogP contribution in [0.5, 0.6) is 0 Å². The van der Waals surface area contributed by atoms with Crippen LogP contribution in [0.3, 0.4) is 0 Å². The molecule has 2 aromatic heterocycles.